The zero-order chi connectivity index (χ0) is 12.0. The Bertz CT molecular complexity index is 792. The maximum atomic E-state index is 12.3. The summed E-state index contributed by atoms with van der Waals surface area (Å²) in [7, 11) is 0. The first-order chi connectivity index (χ1) is 8.18. The number of H-pyrrole nitrogens is 1. The quantitative estimate of drug-likeness (QED) is 0.412. The predicted molar refractivity (Wildman–Crippen MR) is 87.5 cm³/mol. The highest BCUT2D eigenvalue weighted by atomic mass is 127. The lowest BCUT2D eigenvalue weighted by Gasteiger charge is -2.05. The Balaban J connectivity index is 2.71. The molecule has 0 aliphatic heterocycles. The average molecular weight is 447 g/mol. The summed E-state index contributed by atoms with van der Waals surface area (Å²) in [6.07, 6.45) is 1.86. The summed E-state index contributed by atoms with van der Waals surface area (Å²) in [6, 6.07) is 9.95. The largest absolute Gasteiger partial charge is 0.361 e. The van der Waals surface area contributed by atoms with E-state index in [0.29, 0.717) is 0 Å². The number of fused-ring (bicyclic) bond motifs is 3. The van der Waals surface area contributed by atoms with E-state index in [4.69, 9.17) is 0 Å². The van der Waals surface area contributed by atoms with Gasteiger partial charge in [-0.2, -0.15) is 0 Å². The molecular formula is C13H7I2NO. The molecule has 1 N–H and O–H groups in total. The van der Waals surface area contributed by atoms with Crippen molar-refractivity contribution in [2.75, 3.05) is 0 Å². The fraction of sp³-hybridized carbons (Fsp3) is 0. The lowest BCUT2D eigenvalue weighted by Crippen LogP contribution is -2.07. The maximum absolute atomic E-state index is 12.3. The minimum atomic E-state index is 0.106. The smallest absolute Gasteiger partial charge is 0.201 e. The topological polar surface area (TPSA) is 32.9 Å². The highest BCUT2D eigenvalue weighted by Crippen LogP contribution is 2.25. The molecule has 0 atom stereocenters. The Morgan fingerprint density at radius 3 is 2.71 bits per heavy atom. The highest BCUT2D eigenvalue weighted by Gasteiger charge is 2.10. The van der Waals surface area contributed by atoms with Crippen LogP contribution in [0.5, 0.6) is 0 Å². The Morgan fingerprint density at radius 2 is 1.88 bits per heavy atom. The first-order valence-corrected chi connectivity index (χ1v) is 7.22. The van der Waals surface area contributed by atoms with Gasteiger partial charge in [0.2, 0.25) is 5.43 Å². The SMILES string of the molecule is O=c1c(I)cc(I)c2ccc3ccc[nH]c3c12. The molecule has 0 amide bonds. The molecule has 17 heavy (non-hydrogen) atoms. The molecule has 0 bridgehead atoms. The molecule has 0 saturated heterocycles. The summed E-state index contributed by atoms with van der Waals surface area (Å²) in [6.45, 7) is 0. The van der Waals surface area contributed by atoms with E-state index < -0.39 is 0 Å². The zero-order valence-corrected chi connectivity index (χ0v) is 12.9. The number of aromatic nitrogens is 1. The van der Waals surface area contributed by atoms with E-state index in [0.717, 1.165) is 28.8 Å². The molecule has 0 saturated carbocycles. The van der Waals surface area contributed by atoms with Crippen LogP contribution < -0.4 is 5.43 Å². The third-order valence-corrected chi connectivity index (χ3v) is 4.49. The first-order valence-electron chi connectivity index (χ1n) is 5.06. The number of nitrogens with one attached hydrogen (secondary N) is 1. The Kier molecular flexibility index (Phi) is 2.86. The Morgan fingerprint density at radius 1 is 1.06 bits per heavy atom. The molecule has 0 fully saturated rings. The van der Waals surface area contributed by atoms with Gasteiger partial charge in [-0.15, -0.1) is 0 Å². The summed E-state index contributed by atoms with van der Waals surface area (Å²) in [4.78, 5) is 15.4. The molecule has 1 heterocycles. The van der Waals surface area contributed by atoms with Crippen LogP contribution in [0.3, 0.4) is 0 Å². The third kappa shape index (κ3) is 1.77. The van der Waals surface area contributed by atoms with E-state index in [-0.39, 0.29) is 5.43 Å². The van der Waals surface area contributed by atoms with Crippen molar-refractivity contribution in [3.8, 4) is 0 Å². The molecule has 2 aromatic carbocycles. The second-order valence-electron chi connectivity index (χ2n) is 3.79. The van der Waals surface area contributed by atoms with Gasteiger partial charge in [0.25, 0.3) is 0 Å². The Hall–Kier alpha value is -0.630. The van der Waals surface area contributed by atoms with Crippen LogP contribution in [-0.2, 0) is 0 Å². The van der Waals surface area contributed by atoms with Crippen molar-refractivity contribution in [1.29, 1.82) is 0 Å². The molecule has 0 spiro atoms. The third-order valence-electron chi connectivity index (χ3n) is 2.79. The predicted octanol–water partition coefficient (Wildman–Crippen LogP) is 3.89. The van der Waals surface area contributed by atoms with Gasteiger partial charge in [0.15, 0.2) is 0 Å². The molecule has 3 rings (SSSR count). The second kappa shape index (κ2) is 4.24. The van der Waals surface area contributed by atoms with Gasteiger partial charge in [-0.1, -0.05) is 18.2 Å². The number of rotatable bonds is 0. The van der Waals surface area contributed by atoms with Gasteiger partial charge in [0.1, 0.15) is 0 Å². The monoisotopic (exact) mass is 447 g/mol. The molecule has 84 valence electrons. The summed E-state index contributed by atoms with van der Waals surface area (Å²) in [5.41, 5.74) is 1.03. The van der Waals surface area contributed by atoms with Crippen molar-refractivity contribution in [2.45, 2.75) is 0 Å². The number of benzene rings is 2. The van der Waals surface area contributed by atoms with E-state index in [1.807, 2.05) is 36.5 Å². The van der Waals surface area contributed by atoms with Gasteiger partial charge in [0.05, 0.1) is 14.5 Å². The average Bonchev–Trinajstić information content (AvgIpc) is 2.35. The number of hydrogen-bond acceptors (Lipinski definition) is 1. The van der Waals surface area contributed by atoms with E-state index >= 15 is 0 Å². The molecule has 3 aromatic rings. The maximum Gasteiger partial charge on any atom is 0.201 e. The van der Waals surface area contributed by atoms with Gasteiger partial charge in [-0.05, 0) is 62.7 Å². The van der Waals surface area contributed by atoms with Crippen molar-refractivity contribution in [3.63, 3.8) is 0 Å². The van der Waals surface area contributed by atoms with E-state index in [1.54, 1.807) is 0 Å². The van der Waals surface area contributed by atoms with E-state index in [1.165, 1.54) is 0 Å². The van der Waals surface area contributed by atoms with Crippen LogP contribution in [0.1, 0.15) is 0 Å². The number of halogens is 2. The summed E-state index contributed by atoms with van der Waals surface area (Å²) in [5.74, 6) is 0. The molecule has 0 aliphatic carbocycles. The van der Waals surface area contributed by atoms with Gasteiger partial charge >= 0.3 is 0 Å². The van der Waals surface area contributed by atoms with Crippen LogP contribution in [0.4, 0.5) is 0 Å². The molecular weight excluding hydrogens is 440 g/mol. The number of hydrogen-bond donors (Lipinski definition) is 1. The molecule has 4 heteroatoms. The normalized spacial score (nSPS) is 11.2. The van der Waals surface area contributed by atoms with Gasteiger partial charge in [-0.3, -0.25) is 4.79 Å². The summed E-state index contributed by atoms with van der Waals surface area (Å²) in [5, 5.41) is 2.88. The van der Waals surface area contributed by atoms with E-state index in [2.05, 4.69) is 50.2 Å². The minimum Gasteiger partial charge on any atom is -0.361 e. The molecule has 0 aliphatic rings. The van der Waals surface area contributed by atoms with Gasteiger partial charge in [-0.25, -0.2) is 0 Å². The minimum absolute atomic E-state index is 0.106. The fourth-order valence-electron chi connectivity index (χ4n) is 2.01. The van der Waals surface area contributed by atoms with Crippen molar-refractivity contribution in [3.05, 3.63) is 53.9 Å². The van der Waals surface area contributed by atoms with Crippen LogP contribution in [0.15, 0.2) is 41.3 Å². The van der Waals surface area contributed by atoms with Crippen molar-refractivity contribution in [2.24, 2.45) is 0 Å². The number of aromatic amines is 1. The molecule has 1 aromatic heterocycles. The summed E-state index contributed by atoms with van der Waals surface area (Å²) < 4.78 is 1.88. The van der Waals surface area contributed by atoms with Crippen LogP contribution in [0.25, 0.3) is 21.7 Å². The van der Waals surface area contributed by atoms with Gasteiger partial charge < -0.3 is 4.98 Å². The van der Waals surface area contributed by atoms with Crippen LogP contribution in [0.2, 0.25) is 0 Å². The second-order valence-corrected chi connectivity index (χ2v) is 6.12. The summed E-state index contributed by atoms with van der Waals surface area (Å²) >= 11 is 4.38. The highest BCUT2D eigenvalue weighted by molar-refractivity contribution is 14.1. The standard InChI is InChI=1S/C13H7I2NO/c14-9-6-10(15)13(17)11-8(9)4-3-7-2-1-5-16-12(7)11/h1-6,16H. The van der Waals surface area contributed by atoms with Crippen LogP contribution in [0, 0.1) is 7.14 Å². The Labute approximate surface area is 125 Å². The zero-order valence-electron chi connectivity index (χ0n) is 8.63. The molecule has 0 unspecified atom stereocenters. The molecule has 2 nitrogen and oxygen atoms in total. The number of pyridine rings is 1. The lowest BCUT2D eigenvalue weighted by atomic mass is 10.1. The first kappa shape index (κ1) is 11.5. The van der Waals surface area contributed by atoms with E-state index in [9.17, 15) is 4.79 Å². The van der Waals surface area contributed by atoms with Crippen LogP contribution >= 0.6 is 45.2 Å². The van der Waals surface area contributed by atoms with Crippen molar-refractivity contribution < 1.29 is 0 Å². The lowest BCUT2D eigenvalue weighted by molar-refractivity contribution is 1.42. The fourth-order valence-corrected chi connectivity index (χ4v) is 3.94. The van der Waals surface area contributed by atoms with Crippen molar-refractivity contribution in [1.82, 2.24) is 4.98 Å². The van der Waals surface area contributed by atoms with Crippen LogP contribution in [-0.4, -0.2) is 4.98 Å². The van der Waals surface area contributed by atoms with Crippen molar-refractivity contribution >= 4 is 66.9 Å². The van der Waals surface area contributed by atoms with Gasteiger partial charge in [0, 0.05) is 15.2 Å². The molecule has 0 radical (unpaired) electrons.